The van der Waals surface area contributed by atoms with E-state index in [1.165, 1.54) is 0 Å². The zero-order chi connectivity index (χ0) is 17.2. The van der Waals surface area contributed by atoms with Gasteiger partial charge in [0.2, 0.25) is 0 Å². The van der Waals surface area contributed by atoms with E-state index < -0.39 is 0 Å². The van der Waals surface area contributed by atoms with Crippen LogP contribution in [0, 0.1) is 6.92 Å². The molecule has 1 amide bonds. The lowest BCUT2D eigenvalue weighted by Gasteiger charge is -2.08. The summed E-state index contributed by atoms with van der Waals surface area (Å²) in [6.07, 6.45) is 3.88. The fraction of sp³-hybridized carbons (Fsp3) is 0.105. The molecule has 4 rings (SSSR count). The average molecular weight is 348 g/mol. The second-order valence-electron chi connectivity index (χ2n) is 5.70. The standard InChI is InChI=1S/C19H16N4OS/c1-13-16(7-8-17(21-13)14-5-3-2-4-6-14)18(24)20-11-15-12-23-9-10-25-19(23)22-15/h2-10,12H,11H2,1H3,(H,20,24). The van der Waals surface area contributed by atoms with E-state index in [2.05, 4.69) is 15.3 Å². The first kappa shape index (κ1) is 15.5. The Morgan fingerprint density at radius 1 is 1.16 bits per heavy atom. The predicted molar refractivity (Wildman–Crippen MR) is 98.6 cm³/mol. The van der Waals surface area contributed by atoms with E-state index in [4.69, 9.17) is 0 Å². The third-order valence-corrected chi connectivity index (χ3v) is 4.74. The highest BCUT2D eigenvalue weighted by molar-refractivity contribution is 7.15. The minimum Gasteiger partial charge on any atom is -0.346 e. The molecule has 0 fully saturated rings. The number of nitrogens with one attached hydrogen (secondary N) is 1. The lowest BCUT2D eigenvalue weighted by molar-refractivity contribution is 0.0949. The Hall–Kier alpha value is -2.99. The normalized spacial score (nSPS) is 10.9. The van der Waals surface area contributed by atoms with Crippen molar-refractivity contribution < 1.29 is 4.79 Å². The Morgan fingerprint density at radius 3 is 2.76 bits per heavy atom. The second kappa shape index (κ2) is 6.49. The molecule has 0 saturated heterocycles. The van der Waals surface area contributed by atoms with Gasteiger partial charge in [-0.1, -0.05) is 30.3 Å². The van der Waals surface area contributed by atoms with Crippen LogP contribution in [0.1, 0.15) is 21.7 Å². The number of aromatic nitrogens is 3. The Balaban J connectivity index is 1.49. The highest BCUT2D eigenvalue weighted by atomic mass is 32.1. The van der Waals surface area contributed by atoms with Gasteiger partial charge >= 0.3 is 0 Å². The first-order valence-electron chi connectivity index (χ1n) is 7.93. The van der Waals surface area contributed by atoms with Crippen molar-refractivity contribution in [3.05, 3.63) is 77.2 Å². The van der Waals surface area contributed by atoms with Crippen LogP contribution in [0.15, 0.2) is 60.2 Å². The van der Waals surface area contributed by atoms with Gasteiger partial charge < -0.3 is 5.32 Å². The molecular formula is C19H16N4OS. The molecule has 4 aromatic rings. The molecule has 3 heterocycles. The smallest absolute Gasteiger partial charge is 0.253 e. The topological polar surface area (TPSA) is 59.3 Å². The maximum Gasteiger partial charge on any atom is 0.253 e. The summed E-state index contributed by atoms with van der Waals surface area (Å²) in [5.74, 6) is -0.138. The number of nitrogens with zero attached hydrogens (tertiary/aromatic N) is 3. The molecule has 0 unspecified atom stereocenters. The van der Waals surface area contributed by atoms with Gasteiger partial charge in [0, 0.05) is 23.3 Å². The number of imidazole rings is 1. The van der Waals surface area contributed by atoms with Crippen molar-refractivity contribution in [2.24, 2.45) is 0 Å². The van der Waals surface area contributed by atoms with Crippen molar-refractivity contribution in [2.75, 3.05) is 0 Å². The van der Waals surface area contributed by atoms with E-state index in [0.29, 0.717) is 17.8 Å². The first-order valence-corrected chi connectivity index (χ1v) is 8.81. The summed E-state index contributed by atoms with van der Waals surface area (Å²) in [5.41, 5.74) is 4.04. The number of thiazole rings is 1. The Labute approximate surface area is 149 Å². The van der Waals surface area contributed by atoms with Crippen LogP contribution in [0.25, 0.3) is 16.2 Å². The molecule has 0 saturated carbocycles. The number of hydrogen-bond donors (Lipinski definition) is 1. The van der Waals surface area contributed by atoms with Crippen LogP contribution in [0.5, 0.6) is 0 Å². The summed E-state index contributed by atoms with van der Waals surface area (Å²) in [4.78, 5) is 22.4. The van der Waals surface area contributed by atoms with Gasteiger partial charge in [0.25, 0.3) is 5.91 Å². The van der Waals surface area contributed by atoms with Crippen molar-refractivity contribution in [2.45, 2.75) is 13.5 Å². The number of rotatable bonds is 4. The van der Waals surface area contributed by atoms with Gasteiger partial charge in [0.15, 0.2) is 4.96 Å². The second-order valence-corrected chi connectivity index (χ2v) is 6.58. The number of amides is 1. The monoisotopic (exact) mass is 348 g/mol. The number of aryl methyl sites for hydroxylation is 1. The van der Waals surface area contributed by atoms with E-state index >= 15 is 0 Å². The zero-order valence-corrected chi connectivity index (χ0v) is 14.5. The molecule has 25 heavy (non-hydrogen) atoms. The molecule has 0 bridgehead atoms. The van der Waals surface area contributed by atoms with Crippen molar-refractivity contribution in [3.8, 4) is 11.3 Å². The molecule has 6 heteroatoms. The molecule has 0 spiro atoms. The molecule has 0 atom stereocenters. The van der Waals surface area contributed by atoms with Crippen LogP contribution < -0.4 is 5.32 Å². The van der Waals surface area contributed by atoms with Crippen LogP contribution >= 0.6 is 11.3 Å². The van der Waals surface area contributed by atoms with Gasteiger partial charge in [0.05, 0.1) is 29.2 Å². The van der Waals surface area contributed by atoms with Crippen LogP contribution in [-0.4, -0.2) is 20.3 Å². The third-order valence-electron chi connectivity index (χ3n) is 3.97. The molecule has 1 N–H and O–H groups in total. The Kier molecular flexibility index (Phi) is 4.03. The zero-order valence-electron chi connectivity index (χ0n) is 13.6. The van der Waals surface area contributed by atoms with Crippen molar-refractivity contribution in [1.29, 1.82) is 0 Å². The average Bonchev–Trinajstić information content (AvgIpc) is 3.22. The van der Waals surface area contributed by atoms with E-state index in [0.717, 1.165) is 21.9 Å². The minimum absolute atomic E-state index is 0.138. The summed E-state index contributed by atoms with van der Waals surface area (Å²) in [5, 5.41) is 4.90. The third kappa shape index (κ3) is 3.16. The van der Waals surface area contributed by atoms with E-state index in [1.54, 1.807) is 11.3 Å². The van der Waals surface area contributed by atoms with Crippen molar-refractivity contribution in [3.63, 3.8) is 0 Å². The summed E-state index contributed by atoms with van der Waals surface area (Å²) in [7, 11) is 0. The number of benzene rings is 1. The van der Waals surface area contributed by atoms with Crippen molar-refractivity contribution in [1.82, 2.24) is 19.7 Å². The molecule has 3 aromatic heterocycles. The molecule has 5 nitrogen and oxygen atoms in total. The lowest BCUT2D eigenvalue weighted by atomic mass is 10.1. The van der Waals surface area contributed by atoms with Gasteiger partial charge in [-0.3, -0.25) is 14.2 Å². The molecule has 0 aliphatic rings. The van der Waals surface area contributed by atoms with Crippen molar-refractivity contribution >= 4 is 22.2 Å². The van der Waals surface area contributed by atoms with Gasteiger partial charge in [-0.2, -0.15) is 0 Å². The van der Waals surface area contributed by atoms with E-state index in [1.807, 2.05) is 71.6 Å². The van der Waals surface area contributed by atoms with Crippen LogP contribution in [-0.2, 0) is 6.54 Å². The van der Waals surface area contributed by atoms with Crippen LogP contribution in [0.4, 0.5) is 0 Å². The van der Waals surface area contributed by atoms with Gasteiger partial charge in [-0.15, -0.1) is 11.3 Å². The van der Waals surface area contributed by atoms with Gasteiger partial charge in [-0.25, -0.2) is 4.98 Å². The SMILES string of the molecule is Cc1nc(-c2ccccc2)ccc1C(=O)NCc1cn2ccsc2n1. The molecular weight excluding hydrogens is 332 g/mol. The predicted octanol–water partition coefficient (Wildman–Crippen LogP) is 3.70. The van der Waals surface area contributed by atoms with E-state index in [9.17, 15) is 4.79 Å². The summed E-state index contributed by atoms with van der Waals surface area (Å²) < 4.78 is 1.95. The maximum absolute atomic E-state index is 12.5. The van der Waals surface area contributed by atoms with E-state index in [-0.39, 0.29) is 5.91 Å². The van der Waals surface area contributed by atoms with Gasteiger partial charge in [-0.05, 0) is 19.1 Å². The highest BCUT2D eigenvalue weighted by Gasteiger charge is 2.12. The Bertz CT molecular complexity index is 1010. The first-order chi connectivity index (χ1) is 12.2. The number of pyridine rings is 1. The summed E-state index contributed by atoms with van der Waals surface area (Å²) in [6, 6.07) is 13.6. The molecule has 124 valence electrons. The fourth-order valence-corrected chi connectivity index (χ4v) is 3.42. The highest BCUT2D eigenvalue weighted by Crippen LogP contribution is 2.18. The number of hydrogen-bond acceptors (Lipinski definition) is 4. The number of fused-ring (bicyclic) bond motifs is 1. The molecule has 1 aromatic carbocycles. The van der Waals surface area contributed by atoms with Gasteiger partial charge in [0.1, 0.15) is 0 Å². The minimum atomic E-state index is -0.138. The lowest BCUT2D eigenvalue weighted by Crippen LogP contribution is -2.24. The number of carbonyl (C=O) groups is 1. The quantitative estimate of drug-likeness (QED) is 0.612. The Morgan fingerprint density at radius 2 is 2.00 bits per heavy atom. The fourth-order valence-electron chi connectivity index (χ4n) is 2.70. The van der Waals surface area contributed by atoms with Crippen LogP contribution in [0.2, 0.25) is 0 Å². The summed E-state index contributed by atoms with van der Waals surface area (Å²) in [6.45, 7) is 2.25. The van der Waals surface area contributed by atoms with Crippen LogP contribution in [0.3, 0.4) is 0 Å². The number of carbonyl (C=O) groups excluding carboxylic acids is 1. The summed E-state index contributed by atoms with van der Waals surface area (Å²) >= 11 is 1.57. The molecule has 0 radical (unpaired) electrons. The maximum atomic E-state index is 12.5. The largest absolute Gasteiger partial charge is 0.346 e. The molecule has 0 aliphatic carbocycles. The molecule has 0 aliphatic heterocycles.